The number of ether oxygens (including phenoxy) is 3. The standard InChI is InChI=1S/C26H24O12/c1-10(2)25(34)38-24-18(31)5-12(6-19(24)32)26(35)37-21-9-14-15(28)7-13(27)8-20(14)36-23(21)11-3-16(29)22(33)17(30)4-11/h3-8,10,21,23,27-33H,9H2,1-2H3/t21?,23-/m1/s1. The summed E-state index contributed by atoms with van der Waals surface area (Å²) >= 11 is 0. The van der Waals surface area contributed by atoms with E-state index in [2.05, 4.69) is 0 Å². The minimum atomic E-state index is -1.21. The molecule has 0 saturated heterocycles. The summed E-state index contributed by atoms with van der Waals surface area (Å²) in [5, 5.41) is 70.3. The molecule has 0 radical (unpaired) electrons. The van der Waals surface area contributed by atoms with Gasteiger partial charge in [0, 0.05) is 29.7 Å². The van der Waals surface area contributed by atoms with Crippen LogP contribution in [0.2, 0.25) is 0 Å². The van der Waals surface area contributed by atoms with E-state index in [9.17, 15) is 45.3 Å². The number of hydrogen-bond donors (Lipinski definition) is 7. The summed E-state index contributed by atoms with van der Waals surface area (Å²) in [5.41, 5.74) is -0.0587. The third kappa shape index (κ3) is 4.96. The first-order valence-corrected chi connectivity index (χ1v) is 11.3. The highest BCUT2D eigenvalue weighted by Crippen LogP contribution is 2.46. The Labute approximate surface area is 215 Å². The summed E-state index contributed by atoms with van der Waals surface area (Å²) < 4.78 is 16.4. The molecule has 2 atom stereocenters. The van der Waals surface area contributed by atoms with Gasteiger partial charge in [-0.2, -0.15) is 0 Å². The van der Waals surface area contributed by atoms with E-state index >= 15 is 0 Å². The lowest BCUT2D eigenvalue weighted by Gasteiger charge is -2.34. The SMILES string of the molecule is CC(C)C(=O)Oc1c(O)cc(C(=O)OC2Cc3c(O)cc(O)cc3O[C@@H]2c2cc(O)c(O)c(O)c2)cc1O. The molecule has 38 heavy (non-hydrogen) atoms. The highest BCUT2D eigenvalue weighted by atomic mass is 16.6. The van der Waals surface area contributed by atoms with Crippen LogP contribution in [0, 0.1) is 5.92 Å². The van der Waals surface area contributed by atoms with E-state index in [1.54, 1.807) is 13.8 Å². The molecule has 0 spiro atoms. The first-order valence-electron chi connectivity index (χ1n) is 11.3. The highest BCUT2D eigenvalue weighted by Gasteiger charge is 2.37. The lowest BCUT2D eigenvalue weighted by atomic mass is 9.93. The van der Waals surface area contributed by atoms with Crippen molar-refractivity contribution in [2.45, 2.75) is 32.5 Å². The monoisotopic (exact) mass is 528 g/mol. The zero-order chi connectivity index (χ0) is 27.9. The average Bonchev–Trinajstić information content (AvgIpc) is 2.84. The molecule has 0 fully saturated rings. The van der Waals surface area contributed by atoms with Crippen LogP contribution in [-0.4, -0.2) is 53.8 Å². The summed E-state index contributed by atoms with van der Waals surface area (Å²) in [6.07, 6.45) is -2.57. The highest BCUT2D eigenvalue weighted by molar-refractivity contribution is 5.91. The zero-order valence-electron chi connectivity index (χ0n) is 20.1. The van der Waals surface area contributed by atoms with Crippen molar-refractivity contribution in [3.63, 3.8) is 0 Å². The molecule has 200 valence electrons. The second-order valence-electron chi connectivity index (χ2n) is 8.96. The van der Waals surface area contributed by atoms with Crippen LogP contribution in [0.1, 0.15) is 41.4 Å². The molecular weight excluding hydrogens is 504 g/mol. The zero-order valence-corrected chi connectivity index (χ0v) is 20.1. The van der Waals surface area contributed by atoms with Gasteiger partial charge in [-0.05, 0) is 24.3 Å². The Hall–Kier alpha value is -5.00. The van der Waals surface area contributed by atoms with Gasteiger partial charge in [0.1, 0.15) is 23.4 Å². The van der Waals surface area contributed by atoms with Crippen molar-refractivity contribution in [2.75, 3.05) is 0 Å². The number of hydrogen-bond acceptors (Lipinski definition) is 12. The minimum absolute atomic E-state index is 0.0402. The van der Waals surface area contributed by atoms with Crippen molar-refractivity contribution in [1.82, 2.24) is 0 Å². The molecule has 7 N–H and O–H groups in total. The Morgan fingerprint density at radius 3 is 2.03 bits per heavy atom. The Morgan fingerprint density at radius 1 is 0.842 bits per heavy atom. The van der Waals surface area contributed by atoms with Gasteiger partial charge >= 0.3 is 11.9 Å². The number of phenols is 7. The maximum atomic E-state index is 13.0. The van der Waals surface area contributed by atoms with Gasteiger partial charge in [-0.3, -0.25) is 4.79 Å². The molecule has 0 aliphatic carbocycles. The molecule has 1 unspecified atom stereocenters. The number of esters is 2. The fourth-order valence-electron chi connectivity index (χ4n) is 3.87. The number of rotatable bonds is 5. The number of aromatic hydroxyl groups is 7. The second kappa shape index (κ2) is 9.81. The third-order valence-electron chi connectivity index (χ3n) is 5.81. The van der Waals surface area contributed by atoms with Gasteiger partial charge in [0.05, 0.1) is 11.5 Å². The summed E-state index contributed by atoms with van der Waals surface area (Å²) in [5.74, 6) is -7.02. The van der Waals surface area contributed by atoms with Crippen LogP contribution in [0.25, 0.3) is 0 Å². The Morgan fingerprint density at radius 2 is 1.45 bits per heavy atom. The molecule has 0 bridgehead atoms. The normalized spacial score (nSPS) is 16.4. The first kappa shape index (κ1) is 26.1. The van der Waals surface area contributed by atoms with Crippen LogP contribution in [0.15, 0.2) is 36.4 Å². The number of carbonyl (C=O) groups is 2. The molecule has 3 aromatic rings. The molecule has 4 rings (SSSR count). The molecule has 0 saturated carbocycles. The molecule has 1 aliphatic heterocycles. The molecule has 3 aromatic carbocycles. The second-order valence-corrected chi connectivity index (χ2v) is 8.96. The van der Waals surface area contributed by atoms with Gasteiger partial charge in [-0.1, -0.05) is 13.8 Å². The van der Waals surface area contributed by atoms with Crippen LogP contribution in [-0.2, 0) is 16.0 Å². The first-order chi connectivity index (χ1) is 17.8. The van der Waals surface area contributed by atoms with Crippen molar-refractivity contribution < 1.29 is 59.5 Å². The van der Waals surface area contributed by atoms with Gasteiger partial charge in [-0.25, -0.2) is 4.79 Å². The molecular formula is C26H24O12. The Kier molecular flexibility index (Phi) is 6.73. The van der Waals surface area contributed by atoms with Crippen molar-refractivity contribution in [3.05, 3.63) is 53.1 Å². The van der Waals surface area contributed by atoms with Gasteiger partial charge in [0.25, 0.3) is 0 Å². The number of phenolic OH excluding ortho intramolecular Hbond substituents is 7. The number of fused-ring (bicyclic) bond motifs is 1. The fraction of sp³-hybridized carbons (Fsp3) is 0.231. The molecule has 0 aromatic heterocycles. The largest absolute Gasteiger partial charge is 0.508 e. The lowest BCUT2D eigenvalue weighted by Crippen LogP contribution is -2.34. The Balaban J connectivity index is 1.69. The number of benzene rings is 3. The van der Waals surface area contributed by atoms with E-state index in [0.717, 1.165) is 30.3 Å². The number of carbonyl (C=O) groups excluding carboxylic acids is 2. The molecule has 0 amide bonds. The predicted molar refractivity (Wildman–Crippen MR) is 128 cm³/mol. The van der Waals surface area contributed by atoms with Crippen LogP contribution in [0.4, 0.5) is 0 Å². The quantitative estimate of drug-likeness (QED) is 0.145. The fourth-order valence-corrected chi connectivity index (χ4v) is 3.87. The third-order valence-corrected chi connectivity index (χ3v) is 5.81. The van der Waals surface area contributed by atoms with Crippen LogP contribution >= 0.6 is 0 Å². The predicted octanol–water partition coefficient (Wildman–Crippen LogP) is 3.09. The van der Waals surface area contributed by atoms with Crippen LogP contribution < -0.4 is 9.47 Å². The molecule has 12 heteroatoms. The van der Waals surface area contributed by atoms with Crippen LogP contribution in [0.5, 0.6) is 51.7 Å². The van der Waals surface area contributed by atoms with Crippen molar-refractivity contribution >= 4 is 11.9 Å². The molecule has 1 aliphatic rings. The summed E-state index contributed by atoms with van der Waals surface area (Å²) in [6.45, 7) is 3.10. The van der Waals surface area contributed by atoms with E-state index in [1.807, 2.05) is 0 Å². The van der Waals surface area contributed by atoms with Gasteiger partial charge in [0.2, 0.25) is 5.75 Å². The van der Waals surface area contributed by atoms with Gasteiger partial charge in [0.15, 0.2) is 34.9 Å². The minimum Gasteiger partial charge on any atom is -0.508 e. The van der Waals surface area contributed by atoms with Crippen molar-refractivity contribution in [1.29, 1.82) is 0 Å². The van der Waals surface area contributed by atoms with E-state index in [0.29, 0.717) is 0 Å². The Bertz CT molecular complexity index is 1380. The van der Waals surface area contributed by atoms with E-state index < -0.39 is 64.6 Å². The van der Waals surface area contributed by atoms with Gasteiger partial charge < -0.3 is 50.0 Å². The smallest absolute Gasteiger partial charge is 0.338 e. The van der Waals surface area contributed by atoms with E-state index in [4.69, 9.17) is 14.2 Å². The molecule has 12 nitrogen and oxygen atoms in total. The summed E-state index contributed by atoms with van der Waals surface area (Å²) in [6, 6.07) is 6.27. The summed E-state index contributed by atoms with van der Waals surface area (Å²) in [7, 11) is 0. The van der Waals surface area contributed by atoms with Crippen LogP contribution in [0.3, 0.4) is 0 Å². The maximum Gasteiger partial charge on any atom is 0.338 e. The van der Waals surface area contributed by atoms with E-state index in [-0.39, 0.29) is 40.4 Å². The van der Waals surface area contributed by atoms with E-state index in [1.165, 1.54) is 6.07 Å². The van der Waals surface area contributed by atoms with Crippen molar-refractivity contribution in [2.24, 2.45) is 5.92 Å². The topological polar surface area (TPSA) is 203 Å². The van der Waals surface area contributed by atoms with Crippen molar-refractivity contribution in [3.8, 4) is 51.7 Å². The lowest BCUT2D eigenvalue weighted by molar-refractivity contribution is -0.138. The van der Waals surface area contributed by atoms with Gasteiger partial charge in [-0.15, -0.1) is 0 Å². The molecule has 1 heterocycles. The summed E-state index contributed by atoms with van der Waals surface area (Å²) in [4.78, 5) is 24.9. The maximum absolute atomic E-state index is 13.0. The average molecular weight is 528 g/mol.